The first kappa shape index (κ1) is 22.8. The molecular weight excluding hydrogens is 358 g/mol. The van der Waals surface area contributed by atoms with Crippen LogP contribution in [0.2, 0.25) is 0 Å². The second kappa shape index (κ2) is 9.33. The molecule has 156 valence electrons. The zero-order valence-electron chi connectivity index (χ0n) is 19.6. The minimum absolute atomic E-state index is 0.862. The van der Waals surface area contributed by atoms with Crippen LogP contribution in [0.15, 0.2) is 12.1 Å². The fourth-order valence-electron chi connectivity index (χ4n) is 4.26. The summed E-state index contributed by atoms with van der Waals surface area (Å²) in [7, 11) is 2.16. The standard InChI is InChI=1S/C25H35N3O/c1-10-27(9)11-12-28(24-18(4)13-16(2)20(6)21(24)7)25-19(5)14-17(3)23(15-26-29)22(25)8/h13-14H,10-12H2,1-9H3/p+1. The zero-order chi connectivity index (χ0) is 21.9. The fourth-order valence-corrected chi connectivity index (χ4v) is 4.26. The molecule has 0 saturated heterocycles. The molecule has 0 aromatic heterocycles. The summed E-state index contributed by atoms with van der Waals surface area (Å²) >= 11 is 0. The molecule has 4 heteroatoms. The number of aryl methyl sites for hydroxylation is 4. The van der Waals surface area contributed by atoms with Gasteiger partial charge >= 0.3 is 6.07 Å². The molecular formula is C25H36N3O+. The van der Waals surface area contributed by atoms with Crippen LogP contribution in [0.5, 0.6) is 0 Å². The lowest BCUT2D eigenvalue weighted by atomic mass is 9.94. The van der Waals surface area contributed by atoms with Crippen LogP contribution in [0.3, 0.4) is 0 Å². The minimum Gasteiger partial charge on any atom is -0.339 e. The van der Waals surface area contributed by atoms with Gasteiger partial charge in [-0.05, 0) is 101 Å². The van der Waals surface area contributed by atoms with E-state index >= 15 is 0 Å². The lowest BCUT2D eigenvalue weighted by molar-refractivity contribution is 0.362. The largest absolute Gasteiger partial charge is 0.388 e. The highest BCUT2D eigenvalue weighted by Crippen LogP contribution is 2.39. The SMILES string of the molecule is CCN(C)CCN(c1c(C)cc(C)c(C)c1C)c1c(C)cc(C)c(C#[N+]O)c1C. The van der Waals surface area contributed by atoms with Gasteiger partial charge in [-0.2, -0.15) is 5.21 Å². The topological polar surface area (TPSA) is 31.1 Å². The summed E-state index contributed by atoms with van der Waals surface area (Å²) in [6.45, 7) is 20.2. The highest BCUT2D eigenvalue weighted by atomic mass is 16.4. The molecule has 2 rings (SSSR count). The molecule has 0 radical (unpaired) electrons. The molecule has 0 spiro atoms. The van der Waals surface area contributed by atoms with E-state index in [1.54, 1.807) is 0 Å². The maximum absolute atomic E-state index is 9.14. The fraction of sp³-hybridized carbons (Fsp3) is 0.480. The van der Waals surface area contributed by atoms with Crippen molar-refractivity contribution in [2.45, 2.75) is 55.4 Å². The van der Waals surface area contributed by atoms with Gasteiger partial charge in [-0.1, -0.05) is 19.1 Å². The third-order valence-electron chi connectivity index (χ3n) is 6.19. The normalized spacial score (nSPS) is 10.8. The third-order valence-corrected chi connectivity index (χ3v) is 6.19. The van der Waals surface area contributed by atoms with Crippen molar-refractivity contribution in [1.82, 2.24) is 4.90 Å². The van der Waals surface area contributed by atoms with Crippen molar-refractivity contribution in [2.75, 3.05) is 31.6 Å². The van der Waals surface area contributed by atoms with Crippen LogP contribution in [0.1, 0.15) is 51.4 Å². The van der Waals surface area contributed by atoms with E-state index in [0.717, 1.165) is 36.3 Å². The van der Waals surface area contributed by atoms with E-state index in [9.17, 15) is 0 Å². The van der Waals surface area contributed by atoms with Gasteiger partial charge in [-0.15, -0.1) is 0 Å². The van der Waals surface area contributed by atoms with Gasteiger partial charge in [0.1, 0.15) is 5.56 Å². The quantitative estimate of drug-likeness (QED) is 0.609. The molecule has 1 N–H and O–H groups in total. The van der Waals surface area contributed by atoms with Crippen LogP contribution in [-0.2, 0) is 0 Å². The Kier molecular flexibility index (Phi) is 7.32. The van der Waals surface area contributed by atoms with Crippen molar-refractivity contribution in [3.8, 4) is 6.07 Å². The van der Waals surface area contributed by atoms with Crippen LogP contribution in [0, 0.1) is 54.5 Å². The molecule has 0 fully saturated rings. The van der Waals surface area contributed by atoms with E-state index in [4.69, 9.17) is 5.21 Å². The minimum atomic E-state index is 0.862. The van der Waals surface area contributed by atoms with Crippen LogP contribution in [0.25, 0.3) is 5.01 Å². The number of hydrogen-bond acceptors (Lipinski definition) is 3. The van der Waals surface area contributed by atoms with Gasteiger partial charge in [-0.3, -0.25) is 0 Å². The van der Waals surface area contributed by atoms with Crippen molar-refractivity contribution in [1.29, 1.82) is 0 Å². The maximum atomic E-state index is 9.14. The molecule has 0 atom stereocenters. The van der Waals surface area contributed by atoms with Gasteiger partial charge in [0.15, 0.2) is 0 Å². The Hall–Kier alpha value is -2.51. The lowest BCUT2D eigenvalue weighted by Crippen LogP contribution is -2.32. The average molecular weight is 395 g/mol. The first-order valence-corrected chi connectivity index (χ1v) is 10.4. The summed E-state index contributed by atoms with van der Waals surface area (Å²) in [6.07, 6.45) is 0. The summed E-state index contributed by atoms with van der Waals surface area (Å²) in [4.78, 5) is 4.79. The van der Waals surface area contributed by atoms with E-state index < -0.39 is 0 Å². The van der Waals surface area contributed by atoms with Crippen molar-refractivity contribution >= 4 is 11.4 Å². The number of nitrogens with zero attached hydrogens (tertiary/aromatic N) is 3. The molecule has 2 aromatic rings. The van der Waals surface area contributed by atoms with Crippen molar-refractivity contribution in [2.24, 2.45) is 0 Å². The van der Waals surface area contributed by atoms with Crippen molar-refractivity contribution in [3.63, 3.8) is 0 Å². The predicted octanol–water partition coefficient (Wildman–Crippen LogP) is 6.01. The molecule has 29 heavy (non-hydrogen) atoms. The number of hydrogen-bond donors (Lipinski definition) is 1. The lowest BCUT2D eigenvalue weighted by Gasteiger charge is -2.33. The maximum Gasteiger partial charge on any atom is 0.388 e. The van der Waals surface area contributed by atoms with Crippen LogP contribution < -0.4 is 4.90 Å². The molecule has 0 amide bonds. The van der Waals surface area contributed by atoms with Gasteiger partial charge in [0.25, 0.3) is 0 Å². The van der Waals surface area contributed by atoms with Crippen LogP contribution >= 0.6 is 0 Å². The van der Waals surface area contributed by atoms with E-state index in [1.807, 2.05) is 6.92 Å². The Morgan fingerprint density at radius 3 is 1.90 bits per heavy atom. The monoisotopic (exact) mass is 394 g/mol. The first-order chi connectivity index (χ1) is 13.6. The highest BCUT2D eigenvalue weighted by Gasteiger charge is 2.23. The first-order valence-electron chi connectivity index (χ1n) is 10.4. The van der Waals surface area contributed by atoms with Crippen LogP contribution in [-0.4, -0.2) is 36.8 Å². The molecule has 2 aromatic carbocycles. The Morgan fingerprint density at radius 2 is 1.34 bits per heavy atom. The number of anilines is 2. The Morgan fingerprint density at radius 1 is 0.793 bits per heavy atom. The molecule has 0 saturated carbocycles. The third kappa shape index (κ3) is 4.57. The Balaban J connectivity index is 2.79. The molecule has 0 aliphatic heterocycles. The van der Waals surface area contributed by atoms with Gasteiger partial charge in [0.05, 0.1) is 0 Å². The molecule has 0 heterocycles. The van der Waals surface area contributed by atoms with E-state index in [1.165, 1.54) is 39.2 Å². The van der Waals surface area contributed by atoms with Crippen molar-refractivity contribution in [3.05, 3.63) is 61.6 Å². The Bertz CT molecular complexity index is 967. The molecule has 0 aliphatic carbocycles. The van der Waals surface area contributed by atoms with E-state index in [-0.39, 0.29) is 0 Å². The van der Waals surface area contributed by atoms with Gasteiger partial charge in [0, 0.05) is 24.5 Å². The second-order valence-electron chi connectivity index (χ2n) is 8.23. The predicted molar refractivity (Wildman–Crippen MR) is 124 cm³/mol. The number of likely N-dealkylation sites (N-methyl/N-ethyl adjacent to an activating group) is 1. The highest BCUT2D eigenvalue weighted by molar-refractivity contribution is 5.77. The smallest absolute Gasteiger partial charge is 0.339 e. The Labute approximate surface area is 176 Å². The van der Waals surface area contributed by atoms with Gasteiger partial charge in [0.2, 0.25) is 5.01 Å². The van der Waals surface area contributed by atoms with Gasteiger partial charge < -0.3 is 9.80 Å². The average Bonchev–Trinajstić information content (AvgIpc) is 2.66. The van der Waals surface area contributed by atoms with Gasteiger partial charge in [-0.25, -0.2) is 0 Å². The number of rotatable bonds is 6. The summed E-state index contributed by atoms with van der Waals surface area (Å²) in [5.41, 5.74) is 12.0. The zero-order valence-corrected chi connectivity index (χ0v) is 19.6. The summed E-state index contributed by atoms with van der Waals surface area (Å²) in [5, 5.41) is 12.3. The van der Waals surface area contributed by atoms with E-state index in [2.05, 4.69) is 88.5 Å². The van der Waals surface area contributed by atoms with Crippen molar-refractivity contribution < 1.29 is 5.21 Å². The molecule has 0 bridgehead atoms. The summed E-state index contributed by atoms with van der Waals surface area (Å²) < 4.78 is 0. The molecule has 0 unspecified atom stereocenters. The second-order valence-corrected chi connectivity index (χ2v) is 8.23. The molecule has 4 nitrogen and oxygen atoms in total. The number of benzene rings is 2. The summed E-state index contributed by atoms with van der Waals surface area (Å²) in [6, 6.07) is 7.24. The van der Waals surface area contributed by atoms with E-state index in [0.29, 0.717) is 0 Å². The van der Waals surface area contributed by atoms with Crippen LogP contribution in [0.4, 0.5) is 11.4 Å². The molecule has 0 aliphatic rings. The summed E-state index contributed by atoms with van der Waals surface area (Å²) in [5.74, 6) is 0.